The van der Waals surface area contributed by atoms with E-state index >= 15 is 0 Å². The van der Waals surface area contributed by atoms with Crippen molar-refractivity contribution in [1.82, 2.24) is 4.98 Å². The van der Waals surface area contributed by atoms with E-state index in [9.17, 15) is 5.11 Å². The molecule has 0 fully saturated rings. The third kappa shape index (κ3) is 3.08. The van der Waals surface area contributed by atoms with Crippen molar-refractivity contribution in [3.05, 3.63) is 52.7 Å². The molecule has 0 radical (unpaired) electrons. The maximum absolute atomic E-state index is 9.60. The molecule has 0 bridgehead atoms. The first-order valence-corrected chi connectivity index (χ1v) is 7.02. The van der Waals surface area contributed by atoms with Gasteiger partial charge in [-0.15, -0.1) is 11.3 Å². The summed E-state index contributed by atoms with van der Waals surface area (Å²) in [5, 5.41) is 16.2. The number of hydrogen-bond acceptors (Lipinski definition) is 4. The van der Waals surface area contributed by atoms with Crippen LogP contribution in [-0.2, 0) is 5.41 Å². The van der Waals surface area contributed by atoms with Gasteiger partial charge < -0.3 is 10.4 Å². The molecular weight excluding hydrogens is 280 g/mol. The Bertz CT molecular complexity index is 590. The quantitative estimate of drug-likeness (QED) is 0.789. The molecule has 1 heterocycles. The lowest BCUT2D eigenvalue weighted by atomic mass is 9.88. The highest BCUT2D eigenvalue weighted by molar-refractivity contribution is 7.13. The smallest absolute Gasteiger partial charge is 0.187 e. The van der Waals surface area contributed by atoms with E-state index in [4.69, 9.17) is 11.6 Å². The molecule has 0 aliphatic carbocycles. The number of hydrogen-bond donors (Lipinski definition) is 2. The Balaban J connectivity index is 2.18. The number of anilines is 2. The van der Waals surface area contributed by atoms with E-state index in [1.165, 1.54) is 11.3 Å². The molecule has 2 aromatic rings. The lowest BCUT2D eigenvalue weighted by Crippen LogP contribution is -2.19. The Labute approximate surface area is 121 Å². The van der Waals surface area contributed by atoms with Gasteiger partial charge in [0.1, 0.15) is 0 Å². The normalized spacial score (nSPS) is 11.3. The maximum atomic E-state index is 9.60. The van der Waals surface area contributed by atoms with Crippen LogP contribution in [0.5, 0.6) is 0 Å². The molecule has 0 saturated carbocycles. The van der Waals surface area contributed by atoms with Gasteiger partial charge in [0.05, 0.1) is 16.9 Å². The van der Waals surface area contributed by atoms with E-state index in [-0.39, 0.29) is 5.76 Å². The minimum Gasteiger partial charge on any atom is -0.512 e. The van der Waals surface area contributed by atoms with Crippen LogP contribution in [0.15, 0.2) is 42.0 Å². The van der Waals surface area contributed by atoms with Crippen LogP contribution in [-0.4, -0.2) is 10.1 Å². The third-order valence-electron chi connectivity index (χ3n) is 2.96. The number of thiazole rings is 1. The second kappa shape index (κ2) is 5.23. The van der Waals surface area contributed by atoms with Crippen LogP contribution >= 0.6 is 22.9 Å². The molecule has 2 rings (SSSR count). The number of halogens is 1. The average molecular weight is 295 g/mol. The average Bonchev–Trinajstić information content (AvgIpc) is 2.81. The number of rotatable bonds is 4. The van der Waals surface area contributed by atoms with Gasteiger partial charge in [-0.1, -0.05) is 18.2 Å². The standard InChI is InChI=1S/C14H15ClN2OS/c1-9(18)14(2,3)12-8-19-13(17-12)16-11-6-4-10(15)5-7-11/h4-8,18H,1H2,2-3H3,(H,16,17). The number of benzene rings is 1. The van der Waals surface area contributed by atoms with Crippen molar-refractivity contribution >= 4 is 33.8 Å². The summed E-state index contributed by atoms with van der Waals surface area (Å²) in [6.45, 7) is 7.36. The number of allylic oxidation sites excluding steroid dienone is 1. The lowest BCUT2D eigenvalue weighted by molar-refractivity contribution is 0.321. The summed E-state index contributed by atoms with van der Waals surface area (Å²) in [6.07, 6.45) is 0. The number of nitrogens with zero attached hydrogens (tertiary/aromatic N) is 1. The highest BCUT2D eigenvalue weighted by atomic mass is 35.5. The predicted molar refractivity (Wildman–Crippen MR) is 81.6 cm³/mol. The molecule has 5 heteroatoms. The van der Waals surface area contributed by atoms with Crippen LogP contribution in [0.3, 0.4) is 0 Å². The molecule has 0 aliphatic rings. The van der Waals surface area contributed by atoms with Crippen molar-refractivity contribution in [3.8, 4) is 0 Å². The third-order valence-corrected chi connectivity index (χ3v) is 3.97. The van der Waals surface area contributed by atoms with Gasteiger partial charge in [0, 0.05) is 16.1 Å². The monoisotopic (exact) mass is 294 g/mol. The topological polar surface area (TPSA) is 45.1 Å². The van der Waals surface area contributed by atoms with Gasteiger partial charge in [0.15, 0.2) is 5.13 Å². The lowest BCUT2D eigenvalue weighted by Gasteiger charge is -2.20. The molecule has 19 heavy (non-hydrogen) atoms. The molecule has 1 aromatic heterocycles. The Morgan fingerprint density at radius 3 is 2.58 bits per heavy atom. The molecule has 3 nitrogen and oxygen atoms in total. The SMILES string of the molecule is C=C(O)C(C)(C)c1csc(Nc2ccc(Cl)cc2)n1. The fourth-order valence-electron chi connectivity index (χ4n) is 1.42. The second-order valence-electron chi connectivity index (χ2n) is 4.74. The van der Waals surface area contributed by atoms with E-state index in [2.05, 4.69) is 16.9 Å². The van der Waals surface area contributed by atoms with Crippen molar-refractivity contribution in [3.63, 3.8) is 0 Å². The number of aliphatic hydroxyl groups excluding tert-OH is 1. The van der Waals surface area contributed by atoms with Crippen LogP contribution in [0.4, 0.5) is 10.8 Å². The molecule has 100 valence electrons. The summed E-state index contributed by atoms with van der Waals surface area (Å²) >= 11 is 7.32. The molecule has 0 atom stereocenters. The molecular formula is C14H15ClN2OS. The van der Waals surface area contributed by atoms with Gasteiger partial charge in [-0.2, -0.15) is 0 Å². The van der Waals surface area contributed by atoms with Crippen molar-refractivity contribution in [2.75, 3.05) is 5.32 Å². The zero-order valence-corrected chi connectivity index (χ0v) is 12.3. The number of aliphatic hydroxyl groups is 1. The Hall–Kier alpha value is -1.52. The highest BCUT2D eigenvalue weighted by Gasteiger charge is 2.27. The van der Waals surface area contributed by atoms with Crippen molar-refractivity contribution in [2.24, 2.45) is 0 Å². The first kappa shape index (κ1) is 13.9. The second-order valence-corrected chi connectivity index (χ2v) is 6.04. The fraction of sp³-hybridized carbons (Fsp3) is 0.214. The van der Waals surface area contributed by atoms with Gasteiger partial charge in [-0.25, -0.2) is 4.98 Å². The van der Waals surface area contributed by atoms with E-state index in [1.807, 2.05) is 43.5 Å². The van der Waals surface area contributed by atoms with E-state index < -0.39 is 5.41 Å². The van der Waals surface area contributed by atoms with Gasteiger partial charge in [0.2, 0.25) is 0 Å². The van der Waals surface area contributed by atoms with Crippen molar-refractivity contribution < 1.29 is 5.11 Å². The first-order valence-electron chi connectivity index (χ1n) is 5.76. The van der Waals surface area contributed by atoms with Crippen molar-refractivity contribution in [1.29, 1.82) is 0 Å². The van der Waals surface area contributed by atoms with Gasteiger partial charge >= 0.3 is 0 Å². The fourth-order valence-corrected chi connectivity index (χ4v) is 2.45. The van der Waals surface area contributed by atoms with Gasteiger partial charge in [0.25, 0.3) is 0 Å². The number of nitrogens with one attached hydrogen (secondary N) is 1. The molecule has 0 spiro atoms. The summed E-state index contributed by atoms with van der Waals surface area (Å²) in [4.78, 5) is 4.47. The zero-order valence-electron chi connectivity index (χ0n) is 10.8. The Kier molecular flexibility index (Phi) is 3.83. The Morgan fingerprint density at radius 2 is 2.00 bits per heavy atom. The molecule has 0 saturated heterocycles. The molecule has 1 aromatic carbocycles. The van der Waals surface area contributed by atoms with E-state index in [1.54, 1.807) is 0 Å². The number of aromatic nitrogens is 1. The Morgan fingerprint density at radius 1 is 1.37 bits per heavy atom. The van der Waals surface area contributed by atoms with Crippen LogP contribution in [0, 0.1) is 0 Å². The zero-order chi connectivity index (χ0) is 14.0. The predicted octanol–water partition coefficient (Wildman–Crippen LogP) is 4.89. The molecule has 0 unspecified atom stereocenters. The van der Waals surface area contributed by atoms with Crippen LogP contribution in [0.25, 0.3) is 0 Å². The summed E-state index contributed by atoms with van der Waals surface area (Å²) in [7, 11) is 0. The van der Waals surface area contributed by atoms with E-state index in [0.717, 1.165) is 16.5 Å². The first-order chi connectivity index (χ1) is 8.89. The minimum absolute atomic E-state index is 0.107. The molecule has 0 aliphatic heterocycles. The minimum atomic E-state index is -0.545. The van der Waals surface area contributed by atoms with E-state index in [0.29, 0.717) is 5.02 Å². The highest BCUT2D eigenvalue weighted by Crippen LogP contribution is 2.32. The largest absolute Gasteiger partial charge is 0.512 e. The van der Waals surface area contributed by atoms with Crippen LogP contribution < -0.4 is 5.32 Å². The summed E-state index contributed by atoms with van der Waals surface area (Å²) in [6, 6.07) is 7.41. The van der Waals surface area contributed by atoms with Crippen LogP contribution in [0.2, 0.25) is 5.02 Å². The summed E-state index contributed by atoms with van der Waals surface area (Å²) < 4.78 is 0. The van der Waals surface area contributed by atoms with Crippen molar-refractivity contribution in [2.45, 2.75) is 19.3 Å². The summed E-state index contributed by atoms with van der Waals surface area (Å²) in [5.41, 5.74) is 1.17. The molecule has 0 amide bonds. The van der Waals surface area contributed by atoms with Gasteiger partial charge in [-0.05, 0) is 38.1 Å². The van der Waals surface area contributed by atoms with Gasteiger partial charge in [-0.3, -0.25) is 0 Å². The maximum Gasteiger partial charge on any atom is 0.187 e. The van der Waals surface area contributed by atoms with Crippen LogP contribution in [0.1, 0.15) is 19.5 Å². The molecule has 2 N–H and O–H groups in total. The summed E-state index contributed by atoms with van der Waals surface area (Å²) in [5.74, 6) is 0.107.